The van der Waals surface area contributed by atoms with E-state index in [2.05, 4.69) is 10.3 Å². The van der Waals surface area contributed by atoms with Crippen molar-refractivity contribution in [2.75, 3.05) is 36.4 Å². The summed E-state index contributed by atoms with van der Waals surface area (Å²) in [5.41, 5.74) is 0.933. The van der Waals surface area contributed by atoms with Crippen LogP contribution >= 0.6 is 34.8 Å². The van der Waals surface area contributed by atoms with Crippen LogP contribution in [-0.2, 0) is 0 Å². The van der Waals surface area contributed by atoms with Gasteiger partial charge in [-0.2, -0.15) is 0 Å². The van der Waals surface area contributed by atoms with Crippen molar-refractivity contribution in [1.82, 2.24) is 9.88 Å². The SMILES string of the molecule is O=C(Nc1ccc(F)c(Cl)c1)N1CCN(c2c(Cl)cncc2Cl)CC(O)C1. The van der Waals surface area contributed by atoms with Crippen molar-refractivity contribution in [1.29, 1.82) is 0 Å². The summed E-state index contributed by atoms with van der Waals surface area (Å²) in [5.74, 6) is -0.568. The summed E-state index contributed by atoms with van der Waals surface area (Å²) >= 11 is 18.1. The van der Waals surface area contributed by atoms with Gasteiger partial charge in [0.05, 0.1) is 33.4 Å². The number of β-amino-alcohol motifs (C(OH)–C–C–N with tert-alkyl or cyclic N) is 1. The smallest absolute Gasteiger partial charge is 0.321 e. The highest BCUT2D eigenvalue weighted by atomic mass is 35.5. The molecule has 1 aliphatic heterocycles. The molecule has 1 aromatic carbocycles. The van der Waals surface area contributed by atoms with E-state index in [1.54, 1.807) is 0 Å². The van der Waals surface area contributed by atoms with Crippen molar-refractivity contribution in [3.8, 4) is 0 Å². The molecule has 3 rings (SSSR count). The molecule has 1 atom stereocenters. The topological polar surface area (TPSA) is 68.7 Å². The quantitative estimate of drug-likeness (QED) is 0.754. The molecule has 0 aliphatic carbocycles. The van der Waals surface area contributed by atoms with Gasteiger partial charge >= 0.3 is 6.03 Å². The Morgan fingerprint density at radius 1 is 1.15 bits per heavy atom. The Bertz CT molecular complexity index is 835. The van der Waals surface area contributed by atoms with Gasteiger partial charge in [0.1, 0.15) is 5.82 Å². The monoisotopic (exact) mass is 432 g/mol. The van der Waals surface area contributed by atoms with Crippen molar-refractivity contribution < 1.29 is 14.3 Å². The number of rotatable bonds is 2. The number of carbonyl (C=O) groups excluding carboxylic acids is 1. The number of aromatic nitrogens is 1. The number of nitrogens with zero attached hydrogens (tertiary/aromatic N) is 3. The predicted octanol–water partition coefficient (Wildman–Crippen LogP) is 3.90. The Balaban J connectivity index is 1.72. The third kappa shape index (κ3) is 4.73. The number of amides is 2. The summed E-state index contributed by atoms with van der Waals surface area (Å²) in [6.45, 7) is 1.12. The van der Waals surface area contributed by atoms with Crippen molar-refractivity contribution in [3.05, 3.63) is 51.5 Å². The number of hydrogen-bond acceptors (Lipinski definition) is 4. The molecule has 2 amide bonds. The van der Waals surface area contributed by atoms with Crippen LogP contribution in [0.4, 0.5) is 20.6 Å². The van der Waals surface area contributed by atoms with Crippen molar-refractivity contribution in [2.45, 2.75) is 6.10 Å². The molecular weight excluding hydrogens is 418 g/mol. The van der Waals surface area contributed by atoms with Crippen LogP contribution in [0, 0.1) is 5.82 Å². The number of aliphatic hydroxyl groups excluding tert-OH is 1. The van der Waals surface area contributed by atoms with Gasteiger partial charge in [0.15, 0.2) is 0 Å². The van der Waals surface area contributed by atoms with Crippen LogP contribution < -0.4 is 10.2 Å². The Morgan fingerprint density at radius 3 is 2.52 bits per heavy atom. The van der Waals surface area contributed by atoms with Crippen LogP contribution in [0.3, 0.4) is 0 Å². The van der Waals surface area contributed by atoms with Crippen molar-refractivity contribution in [2.24, 2.45) is 0 Å². The van der Waals surface area contributed by atoms with Crippen LogP contribution in [-0.4, -0.2) is 53.3 Å². The minimum Gasteiger partial charge on any atom is -0.389 e. The first-order valence-corrected chi connectivity index (χ1v) is 9.21. The molecule has 1 aromatic heterocycles. The molecule has 2 N–H and O–H groups in total. The summed E-state index contributed by atoms with van der Waals surface area (Å²) in [4.78, 5) is 19.7. The number of urea groups is 1. The standard InChI is InChI=1S/C17H16Cl3FN4O2/c18-12-5-10(1-2-15(12)21)23-17(27)25-4-3-24(8-11(26)9-25)16-13(19)6-22-7-14(16)20/h1-2,5-7,11,26H,3-4,8-9H2,(H,23,27). The maximum Gasteiger partial charge on any atom is 0.321 e. The maximum atomic E-state index is 13.2. The Labute approximate surface area is 170 Å². The minimum atomic E-state index is -0.810. The zero-order valence-electron chi connectivity index (χ0n) is 14.0. The first-order valence-electron chi connectivity index (χ1n) is 8.08. The summed E-state index contributed by atoms with van der Waals surface area (Å²) in [5, 5.41) is 13.6. The number of hydrogen-bond donors (Lipinski definition) is 2. The van der Waals surface area contributed by atoms with Crippen LogP contribution in [0.2, 0.25) is 15.1 Å². The predicted molar refractivity (Wildman–Crippen MR) is 104 cm³/mol. The van der Waals surface area contributed by atoms with Gasteiger partial charge in [-0.25, -0.2) is 9.18 Å². The number of halogens is 4. The number of anilines is 2. The van der Waals surface area contributed by atoms with Crippen molar-refractivity contribution >= 4 is 52.2 Å². The average Bonchev–Trinajstić information content (AvgIpc) is 2.80. The molecular formula is C17H16Cl3FN4O2. The van der Waals surface area contributed by atoms with Gasteiger partial charge in [-0.15, -0.1) is 0 Å². The van der Waals surface area contributed by atoms with Gasteiger partial charge in [0.25, 0.3) is 0 Å². The molecule has 2 heterocycles. The van der Waals surface area contributed by atoms with Crippen LogP contribution in [0.15, 0.2) is 30.6 Å². The van der Waals surface area contributed by atoms with E-state index in [1.807, 2.05) is 4.90 Å². The zero-order chi connectivity index (χ0) is 19.6. The normalized spacial score (nSPS) is 17.6. The van der Waals surface area contributed by atoms with E-state index >= 15 is 0 Å². The summed E-state index contributed by atoms with van der Waals surface area (Å²) in [6, 6.07) is 3.48. The molecule has 27 heavy (non-hydrogen) atoms. The maximum absolute atomic E-state index is 13.2. The highest BCUT2D eigenvalue weighted by molar-refractivity contribution is 6.38. The molecule has 10 heteroatoms. The van der Waals surface area contributed by atoms with Gasteiger partial charge in [-0.1, -0.05) is 34.8 Å². The minimum absolute atomic E-state index is 0.0863. The Kier molecular flexibility index (Phi) is 6.26. The van der Waals surface area contributed by atoms with E-state index < -0.39 is 18.0 Å². The molecule has 144 valence electrons. The first kappa shape index (κ1) is 19.9. The van der Waals surface area contributed by atoms with Crippen LogP contribution in [0.25, 0.3) is 0 Å². The molecule has 1 saturated heterocycles. The molecule has 0 bridgehead atoms. The third-order valence-corrected chi connectivity index (χ3v) is 4.95. The first-order chi connectivity index (χ1) is 12.8. The lowest BCUT2D eigenvalue weighted by molar-refractivity contribution is 0.142. The fourth-order valence-electron chi connectivity index (χ4n) is 2.86. The molecule has 0 radical (unpaired) electrons. The number of pyridine rings is 1. The largest absolute Gasteiger partial charge is 0.389 e. The molecule has 2 aromatic rings. The summed E-state index contributed by atoms with van der Waals surface area (Å²) < 4.78 is 13.2. The Hall–Kier alpha value is -1.80. The molecule has 1 fully saturated rings. The summed E-state index contributed by atoms with van der Waals surface area (Å²) in [6.07, 6.45) is 2.14. The fourth-order valence-corrected chi connectivity index (χ4v) is 3.65. The molecule has 1 unspecified atom stereocenters. The number of carbonyl (C=O) groups is 1. The summed E-state index contributed by atoms with van der Waals surface area (Å²) in [7, 11) is 0. The van der Waals surface area contributed by atoms with Crippen LogP contribution in [0.5, 0.6) is 0 Å². The van der Waals surface area contributed by atoms with E-state index in [1.165, 1.54) is 35.5 Å². The lowest BCUT2D eigenvalue weighted by Gasteiger charge is -2.25. The zero-order valence-corrected chi connectivity index (χ0v) is 16.3. The fraction of sp³-hybridized carbons (Fsp3) is 0.294. The lowest BCUT2D eigenvalue weighted by atomic mass is 10.3. The Morgan fingerprint density at radius 2 is 1.85 bits per heavy atom. The molecule has 0 spiro atoms. The van der Waals surface area contributed by atoms with E-state index in [9.17, 15) is 14.3 Å². The second-order valence-electron chi connectivity index (χ2n) is 6.06. The average molecular weight is 434 g/mol. The number of benzene rings is 1. The second kappa shape index (κ2) is 8.48. The van der Waals surface area contributed by atoms with Gasteiger partial charge in [0, 0.05) is 37.7 Å². The number of nitrogens with one attached hydrogen (secondary N) is 1. The molecule has 0 saturated carbocycles. The molecule has 1 aliphatic rings. The van der Waals surface area contributed by atoms with E-state index in [-0.39, 0.29) is 18.1 Å². The van der Waals surface area contributed by atoms with E-state index in [0.29, 0.717) is 34.5 Å². The van der Waals surface area contributed by atoms with E-state index in [0.717, 1.165) is 0 Å². The van der Waals surface area contributed by atoms with Crippen LogP contribution in [0.1, 0.15) is 0 Å². The third-order valence-electron chi connectivity index (χ3n) is 4.10. The molecule has 6 nitrogen and oxygen atoms in total. The highest BCUT2D eigenvalue weighted by Crippen LogP contribution is 2.33. The lowest BCUT2D eigenvalue weighted by Crippen LogP contribution is -2.40. The second-order valence-corrected chi connectivity index (χ2v) is 7.28. The number of aliphatic hydroxyl groups is 1. The van der Waals surface area contributed by atoms with Gasteiger partial charge < -0.3 is 20.2 Å². The van der Waals surface area contributed by atoms with Crippen molar-refractivity contribution in [3.63, 3.8) is 0 Å². The van der Waals surface area contributed by atoms with Gasteiger partial charge in [-0.3, -0.25) is 4.98 Å². The van der Waals surface area contributed by atoms with Gasteiger partial charge in [0.2, 0.25) is 0 Å². The highest BCUT2D eigenvalue weighted by Gasteiger charge is 2.27. The van der Waals surface area contributed by atoms with Gasteiger partial charge in [-0.05, 0) is 18.2 Å². The van der Waals surface area contributed by atoms with E-state index in [4.69, 9.17) is 34.8 Å².